The molecule has 0 unspecified atom stereocenters. The second-order valence-corrected chi connectivity index (χ2v) is 5.42. The molecule has 1 amide bonds. The van der Waals surface area contributed by atoms with Gasteiger partial charge in [0.05, 0.1) is 10.5 Å². The van der Waals surface area contributed by atoms with Crippen LogP contribution in [-0.2, 0) is 0 Å². The molecule has 0 aliphatic rings. The minimum absolute atomic E-state index is 0.0532. The summed E-state index contributed by atoms with van der Waals surface area (Å²) in [6.45, 7) is 1.91. The number of halogens is 2. The summed E-state index contributed by atoms with van der Waals surface area (Å²) in [7, 11) is 0. The molecule has 0 fully saturated rings. The van der Waals surface area contributed by atoms with E-state index in [4.69, 9.17) is 11.6 Å². The highest BCUT2D eigenvalue weighted by Gasteiger charge is 2.17. The Morgan fingerprint density at radius 1 is 1.43 bits per heavy atom. The van der Waals surface area contributed by atoms with Crippen LogP contribution in [0.15, 0.2) is 34.9 Å². The van der Waals surface area contributed by atoms with Crippen LogP contribution >= 0.6 is 27.5 Å². The van der Waals surface area contributed by atoms with Crippen molar-refractivity contribution in [3.05, 3.63) is 61.3 Å². The van der Waals surface area contributed by atoms with Crippen molar-refractivity contribution in [1.82, 2.24) is 4.98 Å². The number of pyridine rings is 1. The second-order valence-electron chi connectivity index (χ2n) is 4.21. The lowest BCUT2D eigenvalue weighted by Gasteiger charge is -2.07. The molecule has 1 aromatic carbocycles. The van der Waals surface area contributed by atoms with Crippen molar-refractivity contribution < 1.29 is 9.72 Å². The van der Waals surface area contributed by atoms with Gasteiger partial charge in [-0.1, -0.05) is 33.6 Å². The van der Waals surface area contributed by atoms with Gasteiger partial charge < -0.3 is 5.32 Å². The number of nitro groups is 1. The normalized spacial score (nSPS) is 10.2. The average molecular weight is 371 g/mol. The summed E-state index contributed by atoms with van der Waals surface area (Å²) in [6, 6.07) is 6.36. The van der Waals surface area contributed by atoms with Crippen molar-refractivity contribution in [2.75, 3.05) is 5.32 Å². The monoisotopic (exact) mass is 369 g/mol. The number of aromatic nitrogens is 1. The Kier molecular flexibility index (Phi) is 4.54. The summed E-state index contributed by atoms with van der Waals surface area (Å²) in [4.78, 5) is 25.9. The van der Waals surface area contributed by atoms with Gasteiger partial charge in [-0.3, -0.25) is 14.9 Å². The quantitative estimate of drug-likeness (QED) is 0.503. The molecule has 0 atom stereocenters. The van der Waals surface area contributed by atoms with Crippen LogP contribution in [0.1, 0.15) is 15.9 Å². The van der Waals surface area contributed by atoms with Crippen molar-refractivity contribution >= 4 is 44.8 Å². The van der Waals surface area contributed by atoms with Gasteiger partial charge in [-0.05, 0) is 24.6 Å². The van der Waals surface area contributed by atoms with Crippen LogP contribution in [-0.4, -0.2) is 15.8 Å². The fraction of sp³-hybridized carbons (Fsp3) is 0.0769. The average Bonchev–Trinajstić information content (AvgIpc) is 2.43. The minimum Gasteiger partial charge on any atom is -0.322 e. The van der Waals surface area contributed by atoms with Crippen LogP contribution in [0.2, 0.25) is 5.15 Å². The molecule has 1 aromatic heterocycles. The Bertz CT molecular complexity index is 737. The number of rotatable bonds is 3. The highest BCUT2D eigenvalue weighted by Crippen LogP contribution is 2.23. The molecular weight excluding hydrogens is 362 g/mol. The Labute approximate surface area is 133 Å². The van der Waals surface area contributed by atoms with E-state index in [2.05, 4.69) is 26.2 Å². The summed E-state index contributed by atoms with van der Waals surface area (Å²) < 4.78 is 0.837. The van der Waals surface area contributed by atoms with Gasteiger partial charge >= 0.3 is 0 Å². The maximum absolute atomic E-state index is 12.1. The number of benzene rings is 1. The summed E-state index contributed by atoms with van der Waals surface area (Å²) in [5, 5.41) is 13.2. The number of nitrogens with zero attached hydrogens (tertiary/aromatic N) is 2. The lowest BCUT2D eigenvalue weighted by atomic mass is 10.2. The second kappa shape index (κ2) is 6.19. The number of amides is 1. The van der Waals surface area contributed by atoms with Crippen LogP contribution in [0.3, 0.4) is 0 Å². The Morgan fingerprint density at radius 3 is 2.76 bits per heavy atom. The van der Waals surface area contributed by atoms with Gasteiger partial charge in [-0.15, -0.1) is 0 Å². The van der Waals surface area contributed by atoms with E-state index in [9.17, 15) is 14.9 Å². The molecule has 2 aromatic rings. The van der Waals surface area contributed by atoms with E-state index in [1.165, 1.54) is 0 Å². The number of hydrogen-bond donors (Lipinski definition) is 1. The molecule has 21 heavy (non-hydrogen) atoms. The van der Waals surface area contributed by atoms with E-state index in [1.54, 1.807) is 12.1 Å². The highest BCUT2D eigenvalue weighted by atomic mass is 79.9. The lowest BCUT2D eigenvalue weighted by Crippen LogP contribution is -2.13. The molecular formula is C13H9BrClN3O3. The number of hydrogen-bond acceptors (Lipinski definition) is 4. The van der Waals surface area contributed by atoms with Crippen molar-refractivity contribution in [2.45, 2.75) is 6.92 Å². The Hall–Kier alpha value is -1.99. The zero-order chi connectivity index (χ0) is 15.6. The van der Waals surface area contributed by atoms with Crippen molar-refractivity contribution in [1.29, 1.82) is 0 Å². The number of anilines is 1. The van der Waals surface area contributed by atoms with Gasteiger partial charge in [-0.2, -0.15) is 0 Å². The predicted octanol–water partition coefficient (Wildman–Crippen LogP) is 3.97. The molecule has 1 heterocycles. The third-order valence-corrected chi connectivity index (χ3v) is 3.87. The standard InChI is InChI=1S/C13H9BrClN3O3/c1-7-2-3-8(4-11(7)14)17-13(19)10-5-9(18(20)21)6-16-12(10)15/h2-6H,1H3,(H,17,19). The van der Waals surface area contributed by atoms with E-state index in [0.29, 0.717) is 5.69 Å². The van der Waals surface area contributed by atoms with Crippen LogP contribution in [0.5, 0.6) is 0 Å². The Morgan fingerprint density at radius 2 is 2.14 bits per heavy atom. The molecule has 6 nitrogen and oxygen atoms in total. The SMILES string of the molecule is Cc1ccc(NC(=O)c2cc([N+](=O)[O-])cnc2Cl)cc1Br. The molecule has 0 aliphatic carbocycles. The smallest absolute Gasteiger partial charge is 0.288 e. The first-order valence-corrected chi connectivity index (χ1v) is 6.93. The summed E-state index contributed by atoms with van der Waals surface area (Å²) >= 11 is 9.17. The van der Waals surface area contributed by atoms with E-state index < -0.39 is 10.8 Å². The van der Waals surface area contributed by atoms with Crippen LogP contribution < -0.4 is 5.32 Å². The number of nitrogens with one attached hydrogen (secondary N) is 1. The summed E-state index contributed by atoms with van der Waals surface area (Å²) in [6.07, 6.45) is 1.00. The molecule has 0 bridgehead atoms. The predicted molar refractivity (Wildman–Crippen MR) is 82.7 cm³/mol. The van der Waals surface area contributed by atoms with Gasteiger partial charge in [0.25, 0.3) is 11.6 Å². The summed E-state index contributed by atoms with van der Waals surface area (Å²) in [5.74, 6) is -0.563. The van der Waals surface area contributed by atoms with Gasteiger partial charge in [0, 0.05) is 16.2 Å². The Balaban J connectivity index is 2.29. The van der Waals surface area contributed by atoms with Gasteiger partial charge in [0.1, 0.15) is 11.3 Å². The van der Waals surface area contributed by atoms with Gasteiger partial charge in [0.15, 0.2) is 0 Å². The maximum Gasteiger partial charge on any atom is 0.288 e. The largest absolute Gasteiger partial charge is 0.322 e. The zero-order valence-corrected chi connectivity index (χ0v) is 13.1. The molecule has 8 heteroatoms. The first kappa shape index (κ1) is 15.4. The maximum atomic E-state index is 12.1. The molecule has 0 radical (unpaired) electrons. The molecule has 1 N–H and O–H groups in total. The van der Waals surface area contributed by atoms with Gasteiger partial charge in [0.2, 0.25) is 0 Å². The van der Waals surface area contributed by atoms with Gasteiger partial charge in [-0.25, -0.2) is 4.98 Å². The highest BCUT2D eigenvalue weighted by molar-refractivity contribution is 9.10. The molecule has 0 saturated carbocycles. The summed E-state index contributed by atoms with van der Waals surface area (Å²) in [5.41, 5.74) is 1.21. The van der Waals surface area contributed by atoms with E-state index in [1.807, 2.05) is 13.0 Å². The molecule has 0 saturated heterocycles. The minimum atomic E-state index is -0.636. The lowest BCUT2D eigenvalue weighted by molar-refractivity contribution is -0.385. The third kappa shape index (κ3) is 3.56. The van der Waals surface area contributed by atoms with Crippen molar-refractivity contribution in [2.24, 2.45) is 0 Å². The molecule has 0 aliphatic heterocycles. The van der Waals surface area contributed by atoms with Crippen LogP contribution in [0.4, 0.5) is 11.4 Å². The molecule has 108 valence electrons. The zero-order valence-electron chi connectivity index (χ0n) is 10.8. The third-order valence-electron chi connectivity index (χ3n) is 2.71. The van der Waals surface area contributed by atoms with Crippen LogP contribution in [0.25, 0.3) is 0 Å². The fourth-order valence-electron chi connectivity index (χ4n) is 1.57. The number of carbonyl (C=O) groups excluding carboxylic acids is 1. The topological polar surface area (TPSA) is 85.1 Å². The molecule has 2 rings (SSSR count). The van der Waals surface area contributed by atoms with E-state index >= 15 is 0 Å². The van der Waals surface area contributed by atoms with E-state index in [-0.39, 0.29) is 16.4 Å². The van der Waals surface area contributed by atoms with Crippen molar-refractivity contribution in [3.8, 4) is 0 Å². The first-order chi connectivity index (χ1) is 9.88. The van der Waals surface area contributed by atoms with E-state index in [0.717, 1.165) is 22.3 Å². The first-order valence-electron chi connectivity index (χ1n) is 5.76. The number of aryl methyl sites for hydroxylation is 1. The molecule has 0 spiro atoms. The fourth-order valence-corrected chi connectivity index (χ4v) is 2.13. The number of carbonyl (C=O) groups is 1. The van der Waals surface area contributed by atoms with Crippen molar-refractivity contribution in [3.63, 3.8) is 0 Å². The van der Waals surface area contributed by atoms with Crippen LogP contribution in [0, 0.1) is 17.0 Å².